The van der Waals surface area contributed by atoms with Gasteiger partial charge in [0, 0.05) is 5.57 Å². The Morgan fingerprint density at radius 1 is 1.54 bits per heavy atom. The summed E-state index contributed by atoms with van der Waals surface area (Å²) in [5.41, 5.74) is 6.30. The molecule has 0 atom stereocenters. The number of aromatic nitrogens is 2. The minimum Gasteiger partial charge on any atom is -0.404 e. The van der Waals surface area contributed by atoms with E-state index in [4.69, 9.17) is 10.2 Å². The number of rotatable bonds is 3. The van der Waals surface area contributed by atoms with Crippen molar-refractivity contribution in [2.75, 3.05) is 5.73 Å². The lowest BCUT2D eigenvalue weighted by Crippen LogP contribution is -1.82. The van der Waals surface area contributed by atoms with Crippen molar-refractivity contribution in [3.8, 4) is 0 Å². The highest BCUT2D eigenvalue weighted by Gasteiger charge is 2.05. The minimum absolute atomic E-state index is 0.106. The van der Waals surface area contributed by atoms with E-state index >= 15 is 0 Å². The van der Waals surface area contributed by atoms with Crippen molar-refractivity contribution in [2.24, 2.45) is 0 Å². The third kappa shape index (κ3) is 2.43. The predicted molar refractivity (Wildman–Crippen MR) is 51.8 cm³/mol. The fraction of sp³-hybridized carbons (Fsp3) is 0.333. The van der Waals surface area contributed by atoms with Crippen molar-refractivity contribution in [1.82, 2.24) is 10.2 Å². The molecule has 0 fully saturated rings. The van der Waals surface area contributed by atoms with E-state index in [1.807, 2.05) is 32.1 Å². The van der Waals surface area contributed by atoms with Gasteiger partial charge in [0.1, 0.15) is 0 Å². The Morgan fingerprint density at radius 2 is 2.31 bits per heavy atom. The molecular formula is C9H13N3O. The molecule has 13 heavy (non-hydrogen) atoms. The fourth-order valence-corrected chi connectivity index (χ4v) is 0.917. The van der Waals surface area contributed by atoms with Gasteiger partial charge in [-0.1, -0.05) is 30.3 Å². The Morgan fingerprint density at radius 3 is 2.77 bits per heavy atom. The third-order valence-corrected chi connectivity index (χ3v) is 1.59. The summed E-state index contributed by atoms with van der Waals surface area (Å²) in [6.07, 6.45) is 6.65. The van der Waals surface area contributed by atoms with Crippen LogP contribution in [0.3, 0.4) is 0 Å². The fourth-order valence-electron chi connectivity index (χ4n) is 0.917. The van der Waals surface area contributed by atoms with Gasteiger partial charge >= 0.3 is 6.01 Å². The van der Waals surface area contributed by atoms with Gasteiger partial charge in [0.15, 0.2) is 0 Å². The monoisotopic (exact) mass is 179 g/mol. The largest absolute Gasteiger partial charge is 0.404 e. The molecule has 1 rings (SSSR count). The normalized spacial score (nSPS) is 12.6. The van der Waals surface area contributed by atoms with E-state index in [9.17, 15) is 0 Å². The molecule has 0 spiro atoms. The third-order valence-electron chi connectivity index (χ3n) is 1.59. The maximum Gasteiger partial charge on any atom is 0.313 e. The van der Waals surface area contributed by atoms with Crippen molar-refractivity contribution in [2.45, 2.75) is 20.3 Å². The summed E-state index contributed by atoms with van der Waals surface area (Å²) < 4.78 is 5.09. The first-order chi connectivity index (χ1) is 6.27. The van der Waals surface area contributed by atoms with Gasteiger partial charge in [-0.3, -0.25) is 0 Å². The maximum atomic E-state index is 5.31. The minimum atomic E-state index is 0.106. The van der Waals surface area contributed by atoms with E-state index in [1.54, 1.807) is 0 Å². The van der Waals surface area contributed by atoms with Crippen LogP contribution in [0.25, 0.3) is 5.57 Å². The topological polar surface area (TPSA) is 64.9 Å². The number of allylic oxidation sites excluding steroid dienone is 4. The van der Waals surface area contributed by atoms with Crippen molar-refractivity contribution in [3.63, 3.8) is 0 Å². The van der Waals surface area contributed by atoms with E-state index in [2.05, 4.69) is 10.2 Å². The summed E-state index contributed by atoms with van der Waals surface area (Å²) in [6, 6.07) is 0.106. The summed E-state index contributed by atoms with van der Waals surface area (Å²) in [6.45, 7) is 3.97. The number of hydrogen-bond acceptors (Lipinski definition) is 4. The van der Waals surface area contributed by atoms with Crippen molar-refractivity contribution in [3.05, 3.63) is 24.1 Å². The van der Waals surface area contributed by atoms with Crippen LogP contribution in [0.5, 0.6) is 0 Å². The van der Waals surface area contributed by atoms with Crippen LogP contribution in [0.4, 0.5) is 6.01 Å². The molecule has 2 N–H and O–H groups in total. The number of nitrogen functional groups attached to an aromatic ring is 1. The van der Waals surface area contributed by atoms with Gasteiger partial charge in [0.05, 0.1) is 0 Å². The van der Waals surface area contributed by atoms with E-state index in [0.29, 0.717) is 5.89 Å². The lowest BCUT2D eigenvalue weighted by molar-refractivity contribution is 0.556. The number of hydrogen-bond donors (Lipinski definition) is 1. The molecule has 0 aliphatic rings. The molecule has 70 valence electrons. The van der Waals surface area contributed by atoms with E-state index < -0.39 is 0 Å². The van der Waals surface area contributed by atoms with Crippen LogP contribution in [0.15, 0.2) is 22.6 Å². The van der Waals surface area contributed by atoms with Gasteiger partial charge in [-0.2, -0.15) is 0 Å². The van der Waals surface area contributed by atoms with Crippen LogP contribution >= 0.6 is 0 Å². The second kappa shape index (κ2) is 4.45. The summed E-state index contributed by atoms with van der Waals surface area (Å²) >= 11 is 0. The summed E-state index contributed by atoms with van der Waals surface area (Å²) in [5.74, 6) is 0.498. The Hall–Kier alpha value is -1.58. The van der Waals surface area contributed by atoms with Crippen molar-refractivity contribution in [1.29, 1.82) is 0 Å². The zero-order valence-electron chi connectivity index (χ0n) is 7.82. The van der Waals surface area contributed by atoms with Crippen LogP contribution in [0.2, 0.25) is 0 Å². The van der Waals surface area contributed by atoms with Crippen LogP contribution in [-0.4, -0.2) is 10.2 Å². The molecule has 1 aromatic heterocycles. The molecule has 0 aliphatic carbocycles. The smallest absolute Gasteiger partial charge is 0.313 e. The molecule has 0 bridgehead atoms. The Bertz CT molecular complexity index is 325. The molecule has 0 saturated carbocycles. The average Bonchev–Trinajstić information content (AvgIpc) is 2.54. The van der Waals surface area contributed by atoms with Crippen molar-refractivity contribution >= 4 is 11.6 Å². The highest BCUT2D eigenvalue weighted by molar-refractivity contribution is 5.60. The van der Waals surface area contributed by atoms with Crippen LogP contribution in [0, 0.1) is 0 Å². The van der Waals surface area contributed by atoms with Gasteiger partial charge in [-0.15, -0.1) is 5.10 Å². The average molecular weight is 179 g/mol. The van der Waals surface area contributed by atoms with E-state index in [-0.39, 0.29) is 6.01 Å². The Labute approximate surface area is 77.1 Å². The zero-order valence-corrected chi connectivity index (χ0v) is 7.82. The highest BCUT2D eigenvalue weighted by Crippen LogP contribution is 2.16. The second-order valence-electron chi connectivity index (χ2n) is 2.52. The van der Waals surface area contributed by atoms with Gasteiger partial charge in [0.25, 0.3) is 0 Å². The standard InChI is InChI=1S/C9H13N3O/c1-3-5-6-7(4-2)8-11-12-9(10)13-8/h3,5-6H,4H2,1-2H3,(H2,10,12)/b5-3-,7-6+. The molecule has 1 heterocycles. The Kier molecular flexibility index (Phi) is 3.25. The van der Waals surface area contributed by atoms with Crippen LogP contribution in [0.1, 0.15) is 26.2 Å². The second-order valence-corrected chi connectivity index (χ2v) is 2.52. The number of anilines is 1. The maximum absolute atomic E-state index is 5.31. The summed E-state index contributed by atoms with van der Waals surface area (Å²) in [4.78, 5) is 0. The van der Waals surface area contributed by atoms with Crippen molar-refractivity contribution < 1.29 is 4.42 Å². The van der Waals surface area contributed by atoms with Crippen LogP contribution in [-0.2, 0) is 0 Å². The summed E-state index contributed by atoms with van der Waals surface area (Å²) in [5, 5.41) is 7.39. The first kappa shape index (κ1) is 9.51. The van der Waals surface area contributed by atoms with Crippen LogP contribution < -0.4 is 5.73 Å². The molecule has 1 aromatic rings. The number of nitrogens with zero attached hydrogens (tertiary/aromatic N) is 2. The molecule has 4 heteroatoms. The molecule has 0 amide bonds. The molecule has 0 unspecified atom stereocenters. The summed E-state index contributed by atoms with van der Waals surface area (Å²) in [7, 11) is 0. The lowest BCUT2D eigenvalue weighted by Gasteiger charge is -1.94. The van der Waals surface area contributed by atoms with Gasteiger partial charge in [-0.25, -0.2) is 0 Å². The van der Waals surface area contributed by atoms with Gasteiger partial charge in [-0.05, 0) is 13.3 Å². The molecule has 0 aromatic carbocycles. The van der Waals surface area contributed by atoms with Gasteiger partial charge in [0.2, 0.25) is 5.89 Å². The quantitative estimate of drug-likeness (QED) is 0.721. The lowest BCUT2D eigenvalue weighted by atomic mass is 10.2. The Balaban J connectivity index is 2.90. The first-order valence-electron chi connectivity index (χ1n) is 4.19. The van der Waals surface area contributed by atoms with Gasteiger partial charge < -0.3 is 10.2 Å². The highest BCUT2D eigenvalue weighted by atomic mass is 16.4. The molecule has 4 nitrogen and oxygen atoms in total. The first-order valence-corrected chi connectivity index (χ1v) is 4.19. The number of nitrogens with two attached hydrogens (primary N) is 1. The predicted octanol–water partition coefficient (Wildman–Crippen LogP) is 2.02. The molecule has 0 aliphatic heterocycles. The van der Waals surface area contributed by atoms with E-state index in [0.717, 1.165) is 12.0 Å². The molecule has 0 saturated heterocycles. The SMILES string of the molecule is C/C=C\C=C(/CC)c1nnc(N)o1. The molecule has 0 radical (unpaired) electrons. The van der Waals surface area contributed by atoms with E-state index in [1.165, 1.54) is 0 Å². The zero-order chi connectivity index (χ0) is 9.68. The molecular weight excluding hydrogens is 166 g/mol.